The molecule has 0 amide bonds. The standard InChI is InChI=1S/C24H28O4/c1-2-3-4-11-16-28-24(27)22-19(17-12-7-5-8-13-17)21(23(25)26)20(22)18-14-9-6-10-15-18/h5-10,12-15,19-22H,2-4,11,16H2,1H3,(H,25,26)/p-1/t19-,20+,21?,22?. The van der Waals surface area contributed by atoms with E-state index >= 15 is 0 Å². The third kappa shape index (κ3) is 4.27. The molecular weight excluding hydrogens is 352 g/mol. The van der Waals surface area contributed by atoms with Gasteiger partial charge in [-0.1, -0.05) is 86.8 Å². The molecule has 0 aromatic heterocycles. The first-order valence-electron chi connectivity index (χ1n) is 10.1. The molecule has 2 aromatic rings. The number of hydrogen-bond acceptors (Lipinski definition) is 4. The second-order valence-corrected chi connectivity index (χ2v) is 7.47. The zero-order valence-electron chi connectivity index (χ0n) is 16.3. The first kappa shape index (κ1) is 20.1. The molecule has 4 atom stereocenters. The Labute approximate surface area is 166 Å². The Balaban J connectivity index is 1.84. The van der Waals surface area contributed by atoms with Crippen molar-refractivity contribution in [2.75, 3.05) is 6.61 Å². The van der Waals surface area contributed by atoms with Crippen LogP contribution in [0.15, 0.2) is 60.7 Å². The van der Waals surface area contributed by atoms with Crippen molar-refractivity contribution in [3.05, 3.63) is 71.8 Å². The molecule has 2 unspecified atom stereocenters. The highest BCUT2D eigenvalue weighted by atomic mass is 16.5. The highest BCUT2D eigenvalue weighted by Crippen LogP contribution is 2.57. The van der Waals surface area contributed by atoms with Crippen molar-refractivity contribution in [1.82, 2.24) is 0 Å². The number of rotatable bonds is 9. The minimum Gasteiger partial charge on any atom is -0.550 e. The molecule has 3 rings (SSSR count). The van der Waals surface area contributed by atoms with Gasteiger partial charge in [0.1, 0.15) is 0 Å². The molecule has 1 saturated carbocycles. The topological polar surface area (TPSA) is 66.4 Å². The summed E-state index contributed by atoms with van der Waals surface area (Å²) in [7, 11) is 0. The van der Waals surface area contributed by atoms with Crippen LogP contribution in [0.25, 0.3) is 0 Å². The Kier molecular flexibility index (Phi) is 6.85. The fraction of sp³-hybridized carbons (Fsp3) is 0.417. The van der Waals surface area contributed by atoms with Crippen molar-refractivity contribution < 1.29 is 19.4 Å². The number of unbranched alkanes of at least 4 members (excludes halogenated alkanes) is 3. The molecule has 1 aliphatic carbocycles. The van der Waals surface area contributed by atoms with Crippen LogP contribution in [0.5, 0.6) is 0 Å². The van der Waals surface area contributed by atoms with E-state index in [1.165, 1.54) is 0 Å². The summed E-state index contributed by atoms with van der Waals surface area (Å²) in [5.74, 6) is -3.55. The van der Waals surface area contributed by atoms with E-state index < -0.39 is 29.6 Å². The normalized spacial score (nSPS) is 23.6. The molecule has 28 heavy (non-hydrogen) atoms. The quantitative estimate of drug-likeness (QED) is 0.492. The molecule has 148 valence electrons. The van der Waals surface area contributed by atoms with Crippen LogP contribution in [0.3, 0.4) is 0 Å². The van der Waals surface area contributed by atoms with Gasteiger partial charge in [-0.05, 0) is 17.5 Å². The molecule has 4 nitrogen and oxygen atoms in total. The highest BCUT2D eigenvalue weighted by Gasteiger charge is 2.56. The number of carboxylic acid groups (broad SMARTS) is 1. The number of carbonyl (C=O) groups excluding carboxylic acids is 2. The van der Waals surface area contributed by atoms with Crippen molar-refractivity contribution in [2.45, 2.75) is 44.4 Å². The minimum atomic E-state index is -1.12. The van der Waals surface area contributed by atoms with Gasteiger partial charge >= 0.3 is 5.97 Å². The summed E-state index contributed by atoms with van der Waals surface area (Å²) >= 11 is 0. The maximum Gasteiger partial charge on any atom is 0.310 e. The first-order valence-corrected chi connectivity index (χ1v) is 10.1. The van der Waals surface area contributed by atoms with E-state index in [0.717, 1.165) is 36.8 Å². The monoisotopic (exact) mass is 379 g/mol. The predicted molar refractivity (Wildman–Crippen MR) is 105 cm³/mol. The van der Waals surface area contributed by atoms with Gasteiger partial charge in [0.25, 0.3) is 0 Å². The number of ether oxygens (including phenoxy) is 1. The zero-order valence-corrected chi connectivity index (χ0v) is 16.3. The third-order valence-electron chi connectivity index (χ3n) is 5.70. The summed E-state index contributed by atoms with van der Waals surface area (Å²) in [6, 6.07) is 18.7. The van der Waals surface area contributed by atoms with E-state index in [4.69, 9.17) is 4.74 Å². The Morgan fingerprint density at radius 3 is 1.82 bits per heavy atom. The zero-order chi connectivity index (χ0) is 19.9. The van der Waals surface area contributed by atoms with E-state index in [2.05, 4.69) is 6.92 Å². The molecular formula is C24H27O4-. The van der Waals surface area contributed by atoms with Crippen molar-refractivity contribution in [2.24, 2.45) is 11.8 Å². The molecule has 4 heteroatoms. The van der Waals surface area contributed by atoms with Crippen LogP contribution in [0, 0.1) is 11.8 Å². The van der Waals surface area contributed by atoms with Crippen molar-refractivity contribution in [3.63, 3.8) is 0 Å². The van der Waals surface area contributed by atoms with E-state index in [1.807, 2.05) is 60.7 Å². The number of carbonyl (C=O) groups is 2. The van der Waals surface area contributed by atoms with Crippen LogP contribution in [-0.2, 0) is 14.3 Å². The van der Waals surface area contributed by atoms with E-state index in [1.54, 1.807) is 0 Å². The molecule has 0 saturated heterocycles. The summed E-state index contributed by atoms with van der Waals surface area (Å²) in [6.45, 7) is 2.52. The summed E-state index contributed by atoms with van der Waals surface area (Å²) in [6.07, 6.45) is 4.10. The van der Waals surface area contributed by atoms with Gasteiger partial charge in [-0.3, -0.25) is 4.79 Å². The summed E-state index contributed by atoms with van der Waals surface area (Å²) in [5.41, 5.74) is 1.69. The molecule has 1 fully saturated rings. The summed E-state index contributed by atoms with van der Waals surface area (Å²) in [4.78, 5) is 24.9. The van der Waals surface area contributed by atoms with Gasteiger partial charge in [0, 0.05) is 23.7 Å². The van der Waals surface area contributed by atoms with Crippen LogP contribution in [0.4, 0.5) is 0 Å². The van der Waals surface area contributed by atoms with Crippen LogP contribution < -0.4 is 5.11 Å². The smallest absolute Gasteiger partial charge is 0.310 e. The maximum absolute atomic E-state index is 13.0. The SMILES string of the molecule is CCCCCCOC(=O)C1[C@H](c2ccccc2)C(C(=O)[O-])[C@@H]1c1ccccc1. The van der Waals surface area contributed by atoms with E-state index in [-0.39, 0.29) is 5.97 Å². The van der Waals surface area contributed by atoms with Gasteiger partial charge in [0.15, 0.2) is 0 Å². The molecule has 0 N–H and O–H groups in total. The molecule has 0 bridgehead atoms. The lowest BCUT2D eigenvalue weighted by molar-refractivity contribution is -0.317. The van der Waals surface area contributed by atoms with Gasteiger partial charge in [0.05, 0.1) is 12.5 Å². The van der Waals surface area contributed by atoms with Gasteiger partial charge < -0.3 is 14.6 Å². The number of hydrogen-bond donors (Lipinski definition) is 0. The van der Waals surface area contributed by atoms with Gasteiger partial charge in [-0.25, -0.2) is 0 Å². The van der Waals surface area contributed by atoms with Gasteiger partial charge in [0.2, 0.25) is 0 Å². The fourth-order valence-corrected chi connectivity index (χ4v) is 4.31. The van der Waals surface area contributed by atoms with E-state index in [0.29, 0.717) is 6.61 Å². The fourth-order valence-electron chi connectivity index (χ4n) is 4.31. The molecule has 0 heterocycles. The Morgan fingerprint density at radius 2 is 1.36 bits per heavy atom. The number of benzene rings is 2. The Bertz CT molecular complexity index is 724. The van der Waals surface area contributed by atoms with Gasteiger partial charge in [-0.15, -0.1) is 0 Å². The van der Waals surface area contributed by atoms with Crippen molar-refractivity contribution >= 4 is 11.9 Å². The average molecular weight is 379 g/mol. The van der Waals surface area contributed by atoms with E-state index in [9.17, 15) is 14.7 Å². The molecule has 0 radical (unpaired) electrons. The predicted octanol–water partition coefficient (Wildman–Crippen LogP) is 3.67. The Hall–Kier alpha value is -2.62. The lowest BCUT2D eigenvalue weighted by Crippen LogP contribution is -2.55. The van der Waals surface area contributed by atoms with Crippen LogP contribution in [-0.4, -0.2) is 18.5 Å². The lowest BCUT2D eigenvalue weighted by Gasteiger charge is -2.51. The second kappa shape index (κ2) is 9.54. The number of esters is 1. The van der Waals surface area contributed by atoms with Crippen LogP contribution in [0.1, 0.15) is 55.6 Å². The second-order valence-electron chi connectivity index (χ2n) is 7.47. The first-order chi connectivity index (χ1) is 13.6. The molecule has 1 aliphatic rings. The Morgan fingerprint density at radius 1 is 0.821 bits per heavy atom. The molecule has 0 aliphatic heterocycles. The van der Waals surface area contributed by atoms with Crippen molar-refractivity contribution in [3.8, 4) is 0 Å². The third-order valence-corrected chi connectivity index (χ3v) is 5.70. The number of carboxylic acids is 1. The summed E-state index contributed by atoms with van der Waals surface area (Å²) in [5, 5.41) is 12.0. The maximum atomic E-state index is 13.0. The number of aliphatic carboxylic acids is 1. The highest BCUT2D eigenvalue weighted by molar-refractivity contribution is 5.83. The van der Waals surface area contributed by atoms with Gasteiger partial charge in [-0.2, -0.15) is 0 Å². The molecule has 0 spiro atoms. The average Bonchev–Trinajstić information content (AvgIpc) is 2.68. The minimum absolute atomic E-state index is 0.309. The molecule has 2 aromatic carbocycles. The summed E-state index contributed by atoms with van der Waals surface area (Å²) < 4.78 is 5.57. The lowest BCUT2D eigenvalue weighted by atomic mass is 9.52. The van der Waals surface area contributed by atoms with Crippen LogP contribution in [0.2, 0.25) is 0 Å². The van der Waals surface area contributed by atoms with Crippen molar-refractivity contribution in [1.29, 1.82) is 0 Å². The van der Waals surface area contributed by atoms with Crippen LogP contribution >= 0.6 is 0 Å². The largest absolute Gasteiger partial charge is 0.550 e.